The molecule has 2 aromatic carbocycles. The van der Waals surface area contributed by atoms with Crippen LogP contribution in [0, 0.1) is 6.92 Å². The number of nitrogens with one attached hydrogen (secondary N) is 1. The number of ether oxygens (including phenoxy) is 1. The maximum atomic E-state index is 12.3. The highest BCUT2D eigenvalue weighted by Gasteiger charge is 2.10. The van der Waals surface area contributed by atoms with E-state index in [0.717, 1.165) is 11.1 Å². The number of anilines is 1. The molecule has 0 fully saturated rings. The van der Waals surface area contributed by atoms with Gasteiger partial charge in [0, 0.05) is 16.8 Å². The number of hydrogen-bond acceptors (Lipinski definition) is 4. The van der Waals surface area contributed by atoms with E-state index in [-0.39, 0.29) is 12.5 Å². The van der Waals surface area contributed by atoms with Gasteiger partial charge >= 0.3 is 0 Å². The number of aryl methyl sites for hydroxylation is 1. The molecule has 0 atom stereocenters. The van der Waals surface area contributed by atoms with Crippen LogP contribution in [0.4, 0.5) is 5.69 Å². The van der Waals surface area contributed by atoms with Gasteiger partial charge in [0.2, 0.25) is 0 Å². The molecule has 0 saturated carbocycles. The van der Waals surface area contributed by atoms with Gasteiger partial charge in [-0.1, -0.05) is 0 Å². The lowest BCUT2D eigenvalue weighted by Gasteiger charge is -2.09. The molecule has 3 rings (SSSR count). The fraction of sp³-hybridized carbons (Fsp3) is 0.150. The zero-order valence-corrected chi connectivity index (χ0v) is 14.1. The average molecular weight is 337 g/mol. The summed E-state index contributed by atoms with van der Waals surface area (Å²) in [6.07, 6.45) is 0. The topological polar surface area (TPSA) is 71.7 Å². The third kappa shape index (κ3) is 3.72. The maximum Gasteiger partial charge on any atom is 0.255 e. The predicted octanol–water partition coefficient (Wildman–Crippen LogP) is 4.01. The van der Waals surface area contributed by atoms with Crippen LogP contribution in [0.2, 0.25) is 0 Å². The van der Waals surface area contributed by atoms with Crippen LogP contribution < -0.4 is 10.1 Å². The summed E-state index contributed by atoms with van der Waals surface area (Å²) in [4.78, 5) is 12.3. The number of methoxy groups -OCH3 is 1. The molecule has 5 nitrogen and oxygen atoms in total. The molecule has 128 valence electrons. The van der Waals surface area contributed by atoms with Crippen LogP contribution in [0.3, 0.4) is 0 Å². The fourth-order valence-electron chi connectivity index (χ4n) is 2.57. The van der Waals surface area contributed by atoms with Gasteiger partial charge in [0.05, 0.1) is 7.11 Å². The number of amides is 1. The molecule has 25 heavy (non-hydrogen) atoms. The lowest BCUT2D eigenvalue weighted by atomic mass is 10.1. The number of hydrogen-bond donors (Lipinski definition) is 2. The summed E-state index contributed by atoms with van der Waals surface area (Å²) >= 11 is 0. The van der Waals surface area contributed by atoms with Gasteiger partial charge < -0.3 is 19.6 Å². The summed E-state index contributed by atoms with van der Waals surface area (Å²) in [5.74, 6) is 1.73. The van der Waals surface area contributed by atoms with E-state index in [2.05, 4.69) is 5.32 Å². The summed E-state index contributed by atoms with van der Waals surface area (Å²) in [6, 6.07) is 16.1. The second kappa shape index (κ2) is 7.23. The Morgan fingerprint density at radius 2 is 1.88 bits per heavy atom. The van der Waals surface area contributed by atoms with Crippen molar-refractivity contribution < 1.29 is 19.1 Å². The summed E-state index contributed by atoms with van der Waals surface area (Å²) in [5, 5.41) is 12.0. The molecule has 1 heterocycles. The number of aliphatic hydroxyl groups excluding tert-OH is 1. The number of carbonyl (C=O) groups is 1. The Labute approximate surface area is 145 Å². The Kier molecular flexibility index (Phi) is 4.86. The van der Waals surface area contributed by atoms with Crippen LogP contribution in [0.15, 0.2) is 59.0 Å². The van der Waals surface area contributed by atoms with Gasteiger partial charge in [0.1, 0.15) is 23.9 Å². The molecular weight excluding hydrogens is 318 g/mol. The van der Waals surface area contributed by atoms with Gasteiger partial charge in [-0.15, -0.1) is 0 Å². The van der Waals surface area contributed by atoms with Crippen molar-refractivity contribution in [2.75, 3.05) is 12.4 Å². The normalized spacial score (nSPS) is 10.5. The molecule has 3 aromatic rings. The molecule has 0 spiro atoms. The largest absolute Gasteiger partial charge is 0.497 e. The third-order valence-corrected chi connectivity index (χ3v) is 3.92. The Hall–Kier alpha value is -3.05. The summed E-state index contributed by atoms with van der Waals surface area (Å²) in [5.41, 5.74) is 3.14. The van der Waals surface area contributed by atoms with Crippen molar-refractivity contribution in [3.05, 3.63) is 71.5 Å². The van der Waals surface area contributed by atoms with Gasteiger partial charge in [-0.3, -0.25) is 4.79 Å². The van der Waals surface area contributed by atoms with Crippen molar-refractivity contribution in [2.45, 2.75) is 13.5 Å². The molecule has 1 amide bonds. The van der Waals surface area contributed by atoms with Crippen LogP contribution in [-0.4, -0.2) is 18.1 Å². The van der Waals surface area contributed by atoms with Gasteiger partial charge in [-0.25, -0.2) is 0 Å². The van der Waals surface area contributed by atoms with Crippen molar-refractivity contribution in [3.63, 3.8) is 0 Å². The second-order valence-corrected chi connectivity index (χ2v) is 5.64. The summed E-state index contributed by atoms with van der Waals surface area (Å²) in [6.45, 7) is 1.81. The van der Waals surface area contributed by atoms with E-state index in [0.29, 0.717) is 28.5 Å². The van der Waals surface area contributed by atoms with Gasteiger partial charge in [0.15, 0.2) is 0 Å². The van der Waals surface area contributed by atoms with Crippen LogP contribution in [0.1, 0.15) is 21.7 Å². The van der Waals surface area contributed by atoms with Crippen molar-refractivity contribution >= 4 is 11.6 Å². The molecule has 0 bridgehead atoms. The van der Waals surface area contributed by atoms with E-state index in [1.165, 1.54) is 0 Å². The predicted molar refractivity (Wildman–Crippen MR) is 95.8 cm³/mol. The first-order valence-corrected chi connectivity index (χ1v) is 7.86. The van der Waals surface area contributed by atoms with Crippen LogP contribution in [0.5, 0.6) is 5.75 Å². The molecule has 0 radical (unpaired) electrons. The maximum absolute atomic E-state index is 12.3. The molecule has 0 aliphatic rings. The standard InChI is InChI=1S/C20H19NO4/c1-13-11-15(5-9-18(13)19-10-8-17(12-22)25-19)21-20(23)14-3-6-16(24-2)7-4-14/h3-11,22H,12H2,1-2H3,(H,21,23). The molecule has 5 heteroatoms. The van der Waals surface area contributed by atoms with Crippen LogP contribution >= 0.6 is 0 Å². The number of carbonyl (C=O) groups excluding carboxylic acids is 1. The SMILES string of the molecule is COc1ccc(C(=O)Nc2ccc(-c3ccc(CO)o3)c(C)c2)cc1. The Morgan fingerprint density at radius 1 is 1.12 bits per heavy atom. The van der Waals surface area contributed by atoms with E-state index in [4.69, 9.17) is 14.3 Å². The first-order chi connectivity index (χ1) is 12.1. The zero-order chi connectivity index (χ0) is 17.8. The molecule has 1 aromatic heterocycles. The summed E-state index contributed by atoms with van der Waals surface area (Å²) in [7, 11) is 1.59. The zero-order valence-electron chi connectivity index (χ0n) is 14.1. The van der Waals surface area contributed by atoms with Crippen LogP contribution in [-0.2, 0) is 6.61 Å². The van der Waals surface area contributed by atoms with E-state index >= 15 is 0 Å². The van der Waals surface area contributed by atoms with E-state index in [1.807, 2.05) is 31.2 Å². The minimum Gasteiger partial charge on any atom is -0.497 e. The molecular formula is C20H19NO4. The Morgan fingerprint density at radius 3 is 2.48 bits per heavy atom. The monoisotopic (exact) mass is 337 g/mol. The van der Waals surface area contributed by atoms with Crippen molar-refractivity contribution in [1.82, 2.24) is 0 Å². The van der Waals surface area contributed by atoms with Crippen molar-refractivity contribution in [1.29, 1.82) is 0 Å². The molecule has 0 unspecified atom stereocenters. The Bertz CT molecular complexity index is 881. The molecule has 0 saturated heterocycles. The number of furan rings is 1. The highest BCUT2D eigenvalue weighted by atomic mass is 16.5. The Balaban J connectivity index is 1.76. The van der Waals surface area contributed by atoms with Crippen LogP contribution in [0.25, 0.3) is 11.3 Å². The minimum atomic E-state index is -0.185. The molecule has 0 aliphatic carbocycles. The van der Waals surface area contributed by atoms with E-state index in [1.54, 1.807) is 37.4 Å². The van der Waals surface area contributed by atoms with E-state index < -0.39 is 0 Å². The quantitative estimate of drug-likeness (QED) is 0.738. The molecule has 2 N–H and O–H groups in total. The van der Waals surface area contributed by atoms with E-state index in [9.17, 15) is 4.79 Å². The fourth-order valence-corrected chi connectivity index (χ4v) is 2.57. The molecule has 0 aliphatic heterocycles. The smallest absolute Gasteiger partial charge is 0.255 e. The lowest BCUT2D eigenvalue weighted by molar-refractivity contribution is 0.102. The first kappa shape index (κ1) is 16.8. The summed E-state index contributed by atoms with van der Waals surface area (Å²) < 4.78 is 10.7. The van der Waals surface area contributed by atoms with Crippen molar-refractivity contribution in [3.8, 4) is 17.1 Å². The third-order valence-electron chi connectivity index (χ3n) is 3.92. The highest BCUT2D eigenvalue weighted by molar-refractivity contribution is 6.04. The average Bonchev–Trinajstić information content (AvgIpc) is 3.10. The van der Waals surface area contributed by atoms with Crippen molar-refractivity contribution in [2.24, 2.45) is 0 Å². The first-order valence-electron chi connectivity index (χ1n) is 7.86. The number of rotatable bonds is 5. The van der Waals surface area contributed by atoms with Gasteiger partial charge in [-0.05, 0) is 67.1 Å². The lowest BCUT2D eigenvalue weighted by Crippen LogP contribution is -2.11. The highest BCUT2D eigenvalue weighted by Crippen LogP contribution is 2.28. The second-order valence-electron chi connectivity index (χ2n) is 5.64. The number of benzene rings is 2. The minimum absolute atomic E-state index is 0.130. The number of aliphatic hydroxyl groups is 1. The van der Waals surface area contributed by atoms with Gasteiger partial charge in [0.25, 0.3) is 5.91 Å². The van der Waals surface area contributed by atoms with Gasteiger partial charge in [-0.2, -0.15) is 0 Å².